The van der Waals surface area contributed by atoms with E-state index in [-0.39, 0.29) is 24.0 Å². The molecule has 0 aromatic heterocycles. The maximum atomic E-state index is 14.8. The van der Waals surface area contributed by atoms with Crippen molar-refractivity contribution in [3.05, 3.63) is 77.1 Å². The van der Waals surface area contributed by atoms with E-state index in [0.717, 1.165) is 5.56 Å². The Morgan fingerprint density at radius 1 is 1.03 bits per heavy atom. The van der Waals surface area contributed by atoms with Gasteiger partial charge in [0.15, 0.2) is 11.5 Å². The molecule has 1 radical (unpaired) electrons. The number of rotatable bonds is 5. The standard InChI is InChI=1S/C25H20FN2O4/c1-14-9-19(26)20(12-18(14)15-3-2-4-16(10-15)23(27)29)28-24(30)25(7-8-25)17-5-6-21-22(11-17)32-13-31-21/h2-6,9-12,27H,7-8,13H2,1H3,(H,28,30). The Labute approximate surface area is 184 Å². The number of nitrogens with one attached hydrogen (secondary N) is 2. The van der Waals surface area contributed by atoms with Gasteiger partial charge in [0.05, 0.1) is 11.1 Å². The summed E-state index contributed by atoms with van der Waals surface area (Å²) >= 11 is 0. The van der Waals surface area contributed by atoms with Crippen molar-refractivity contribution < 1.29 is 23.5 Å². The van der Waals surface area contributed by atoms with Gasteiger partial charge in [0.2, 0.25) is 12.7 Å². The van der Waals surface area contributed by atoms with Crippen molar-refractivity contribution in [3.8, 4) is 22.6 Å². The van der Waals surface area contributed by atoms with Gasteiger partial charge in [0.1, 0.15) is 5.82 Å². The minimum absolute atomic E-state index is 0.0743. The molecule has 1 heterocycles. The second-order valence-electron chi connectivity index (χ2n) is 8.16. The number of fused-ring (bicyclic) bond motifs is 1. The van der Waals surface area contributed by atoms with Gasteiger partial charge < -0.3 is 14.8 Å². The van der Waals surface area contributed by atoms with Gasteiger partial charge in [-0.1, -0.05) is 18.2 Å². The molecule has 5 rings (SSSR count). The maximum absolute atomic E-state index is 14.8. The zero-order valence-electron chi connectivity index (χ0n) is 17.3. The fourth-order valence-electron chi connectivity index (χ4n) is 4.12. The topological polar surface area (TPSA) is 88.4 Å². The molecule has 7 heteroatoms. The van der Waals surface area contributed by atoms with Crippen LogP contribution >= 0.6 is 0 Å². The lowest BCUT2D eigenvalue weighted by molar-refractivity contribution is -0.118. The van der Waals surface area contributed by atoms with E-state index >= 15 is 0 Å². The molecule has 1 saturated carbocycles. The van der Waals surface area contributed by atoms with Crippen molar-refractivity contribution in [1.29, 1.82) is 0 Å². The summed E-state index contributed by atoms with van der Waals surface area (Å²) in [4.78, 5) is 24.6. The SMILES string of the molecule is Cc1cc(F)c(NC(=O)C2(c3ccc4c(c3)OCO4)CC2)cc1-c1cccc(C([NH])=O)c1. The van der Waals surface area contributed by atoms with Gasteiger partial charge in [-0.15, -0.1) is 0 Å². The molecule has 0 unspecified atom stereocenters. The molecule has 161 valence electrons. The summed E-state index contributed by atoms with van der Waals surface area (Å²) in [6.45, 7) is 1.91. The largest absolute Gasteiger partial charge is 0.454 e. The molecule has 32 heavy (non-hydrogen) atoms. The normalized spacial score (nSPS) is 15.3. The van der Waals surface area contributed by atoms with Crippen LogP contribution in [-0.2, 0) is 10.2 Å². The second kappa shape index (κ2) is 7.37. The molecule has 0 atom stereocenters. The molecular weight excluding hydrogens is 411 g/mol. The van der Waals surface area contributed by atoms with Crippen LogP contribution in [0.4, 0.5) is 10.1 Å². The quantitative estimate of drug-likeness (QED) is 0.638. The van der Waals surface area contributed by atoms with Crippen molar-refractivity contribution in [2.45, 2.75) is 25.2 Å². The van der Waals surface area contributed by atoms with E-state index < -0.39 is 17.1 Å². The van der Waals surface area contributed by atoms with E-state index in [0.29, 0.717) is 41.0 Å². The van der Waals surface area contributed by atoms with Crippen molar-refractivity contribution in [2.24, 2.45) is 0 Å². The van der Waals surface area contributed by atoms with Crippen molar-refractivity contribution >= 4 is 17.5 Å². The van der Waals surface area contributed by atoms with Gasteiger partial charge in [-0.2, -0.15) is 0 Å². The summed E-state index contributed by atoms with van der Waals surface area (Å²) in [7, 11) is 0. The Bertz CT molecular complexity index is 1270. The highest BCUT2D eigenvalue weighted by molar-refractivity contribution is 6.02. The molecular formula is C25H20FN2O4. The molecule has 0 spiro atoms. The van der Waals surface area contributed by atoms with Crippen LogP contribution in [0, 0.1) is 12.7 Å². The average molecular weight is 431 g/mol. The Morgan fingerprint density at radius 3 is 2.56 bits per heavy atom. The monoisotopic (exact) mass is 431 g/mol. The predicted octanol–water partition coefficient (Wildman–Crippen LogP) is 4.62. The van der Waals surface area contributed by atoms with E-state index in [4.69, 9.17) is 15.2 Å². The lowest BCUT2D eigenvalue weighted by Crippen LogP contribution is -2.28. The Kier molecular flexibility index (Phi) is 4.62. The van der Waals surface area contributed by atoms with Crippen molar-refractivity contribution in [1.82, 2.24) is 5.73 Å². The van der Waals surface area contributed by atoms with Gasteiger partial charge in [-0.05, 0) is 78.4 Å². The van der Waals surface area contributed by atoms with Crippen LogP contribution in [0.2, 0.25) is 0 Å². The summed E-state index contributed by atoms with van der Waals surface area (Å²) in [6, 6.07) is 15.0. The smallest absolute Gasteiger partial charge is 0.269 e. The van der Waals surface area contributed by atoms with Gasteiger partial charge in [-0.3, -0.25) is 15.3 Å². The van der Waals surface area contributed by atoms with Gasteiger partial charge in [0.25, 0.3) is 5.91 Å². The molecule has 3 aromatic rings. The van der Waals surface area contributed by atoms with Crippen molar-refractivity contribution in [3.63, 3.8) is 0 Å². The molecule has 1 aliphatic carbocycles. The van der Waals surface area contributed by atoms with E-state index in [1.54, 1.807) is 43.3 Å². The number of ether oxygens (including phenoxy) is 2. The summed E-state index contributed by atoms with van der Waals surface area (Å²) in [6.07, 6.45) is 1.32. The number of hydrogen-bond acceptors (Lipinski definition) is 4. The van der Waals surface area contributed by atoms with E-state index in [1.807, 2.05) is 12.1 Å². The van der Waals surface area contributed by atoms with Crippen LogP contribution < -0.4 is 20.5 Å². The lowest BCUT2D eigenvalue weighted by atomic mass is 9.94. The number of hydrogen-bond donors (Lipinski definition) is 1. The van der Waals surface area contributed by atoms with Crippen LogP contribution in [0.15, 0.2) is 54.6 Å². The first-order valence-electron chi connectivity index (χ1n) is 10.3. The number of halogens is 1. The van der Waals surface area contributed by atoms with Crippen molar-refractivity contribution in [2.75, 3.05) is 12.1 Å². The predicted molar refractivity (Wildman–Crippen MR) is 116 cm³/mol. The zero-order valence-corrected chi connectivity index (χ0v) is 17.3. The number of anilines is 1. The van der Waals surface area contributed by atoms with E-state index in [1.165, 1.54) is 6.07 Å². The third-order valence-electron chi connectivity index (χ3n) is 6.11. The maximum Gasteiger partial charge on any atom is 0.269 e. The average Bonchev–Trinajstić information content (AvgIpc) is 3.46. The fourth-order valence-corrected chi connectivity index (χ4v) is 4.12. The summed E-state index contributed by atoms with van der Waals surface area (Å²) in [5.74, 6) is -0.352. The van der Waals surface area contributed by atoms with Crippen LogP contribution in [0.25, 0.3) is 11.1 Å². The number of aryl methyl sites for hydroxylation is 1. The Morgan fingerprint density at radius 2 is 1.81 bits per heavy atom. The van der Waals surface area contributed by atoms with E-state index in [2.05, 4.69) is 5.32 Å². The molecule has 6 nitrogen and oxygen atoms in total. The highest BCUT2D eigenvalue weighted by Gasteiger charge is 2.51. The van der Waals surface area contributed by atoms with E-state index in [9.17, 15) is 14.0 Å². The molecule has 0 saturated heterocycles. The highest BCUT2D eigenvalue weighted by atomic mass is 19.1. The summed E-state index contributed by atoms with van der Waals surface area (Å²) in [5.41, 5.74) is 9.75. The Balaban J connectivity index is 1.46. The minimum Gasteiger partial charge on any atom is -0.454 e. The number of benzene rings is 3. The number of amides is 2. The summed E-state index contributed by atoms with van der Waals surface area (Å²) in [5, 5.41) is 2.76. The van der Waals surface area contributed by atoms with Crippen LogP contribution in [0.1, 0.15) is 34.3 Å². The second-order valence-corrected chi connectivity index (χ2v) is 8.16. The molecule has 0 bridgehead atoms. The van der Waals surface area contributed by atoms with Crippen LogP contribution in [0.3, 0.4) is 0 Å². The van der Waals surface area contributed by atoms with Crippen LogP contribution in [-0.4, -0.2) is 18.6 Å². The molecule has 1 fully saturated rings. The van der Waals surface area contributed by atoms with Gasteiger partial charge in [0, 0.05) is 5.56 Å². The zero-order chi connectivity index (χ0) is 22.5. The molecule has 2 amide bonds. The van der Waals surface area contributed by atoms with Gasteiger partial charge in [-0.25, -0.2) is 4.39 Å². The first-order valence-corrected chi connectivity index (χ1v) is 10.3. The fraction of sp³-hybridized carbons (Fsp3) is 0.200. The summed E-state index contributed by atoms with van der Waals surface area (Å²) < 4.78 is 25.5. The lowest BCUT2D eigenvalue weighted by Gasteiger charge is -2.18. The molecule has 2 N–H and O–H groups in total. The third kappa shape index (κ3) is 3.36. The molecule has 3 aromatic carbocycles. The first kappa shape index (κ1) is 20.1. The number of carbonyl (C=O) groups excluding carboxylic acids is 2. The minimum atomic E-state index is -0.792. The van der Waals surface area contributed by atoms with Crippen LogP contribution in [0.5, 0.6) is 11.5 Å². The first-order chi connectivity index (χ1) is 15.4. The third-order valence-corrected chi connectivity index (χ3v) is 6.11. The van der Waals surface area contributed by atoms with Gasteiger partial charge >= 0.3 is 0 Å². The highest BCUT2D eigenvalue weighted by Crippen LogP contribution is 2.51. The Hall–Kier alpha value is -3.87. The number of carbonyl (C=O) groups is 2. The molecule has 2 aliphatic rings. The molecule has 1 aliphatic heterocycles.